The number of fused-ring (bicyclic) bond motifs is 1. The Morgan fingerprint density at radius 1 is 1.03 bits per heavy atom. The molecule has 31 heavy (non-hydrogen) atoms. The second-order valence-electron chi connectivity index (χ2n) is 7.40. The third-order valence-electron chi connectivity index (χ3n) is 5.30. The summed E-state index contributed by atoms with van der Waals surface area (Å²) in [7, 11) is 0. The fourth-order valence-corrected chi connectivity index (χ4v) is 4.42. The molecule has 0 spiro atoms. The van der Waals surface area contributed by atoms with Gasteiger partial charge in [-0.05, 0) is 41.4 Å². The van der Waals surface area contributed by atoms with Crippen molar-refractivity contribution in [3.63, 3.8) is 0 Å². The van der Waals surface area contributed by atoms with Crippen molar-refractivity contribution >= 4 is 34.8 Å². The number of hydroxylamine groups is 2. The lowest BCUT2D eigenvalue weighted by molar-refractivity contribution is -0.169. The van der Waals surface area contributed by atoms with Gasteiger partial charge in [0.2, 0.25) is 11.8 Å². The quantitative estimate of drug-likeness (QED) is 0.485. The number of hydrogen-bond acceptors (Lipinski definition) is 4. The molecule has 3 aromatic rings. The Balaban J connectivity index is 1.93. The largest absolute Gasteiger partial charge is 0.470 e. The Morgan fingerprint density at radius 2 is 1.71 bits per heavy atom. The SMILES string of the molecule is CCC1Oc2ccccc2[N+](Cc2cc(Cl)cc(Cl)c2)(Oc2ccccc2CN)C1=O. The van der Waals surface area contributed by atoms with Crippen molar-refractivity contribution in [1.82, 2.24) is 4.65 Å². The number of halogens is 2. The van der Waals surface area contributed by atoms with E-state index in [-0.39, 0.29) is 19.0 Å². The minimum absolute atomic E-state index is 0.189. The number of nitrogens with zero attached hydrogens (tertiary/aromatic N) is 1. The van der Waals surface area contributed by atoms with E-state index in [0.29, 0.717) is 33.7 Å². The topological polar surface area (TPSA) is 61.6 Å². The van der Waals surface area contributed by atoms with Crippen molar-refractivity contribution < 1.29 is 14.4 Å². The van der Waals surface area contributed by atoms with Crippen LogP contribution in [0.3, 0.4) is 0 Å². The molecule has 0 radical (unpaired) electrons. The number of amides is 1. The van der Waals surface area contributed by atoms with Gasteiger partial charge in [0.1, 0.15) is 0 Å². The Hall–Kier alpha value is -2.57. The fraction of sp³-hybridized carbons (Fsp3) is 0.208. The maximum atomic E-state index is 13.8. The first-order chi connectivity index (χ1) is 15.0. The maximum Gasteiger partial charge on any atom is 0.401 e. The number of nitrogens with two attached hydrogens (primary N) is 1. The molecule has 5 nitrogen and oxygen atoms in total. The first kappa shape index (κ1) is 21.7. The molecule has 0 bridgehead atoms. The average Bonchev–Trinajstić information content (AvgIpc) is 2.76. The summed E-state index contributed by atoms with van der Waals surface area (Å²) in [4.78, 5) is 20.4. The van der Waals surface area contributed by atoms with E-state index in [9.17, 15) is 4.79 Å². The van der Waals surface area contributed by atoms with E-state index in [2.05, 4.69) is 0 Å². The van der Waals surface area contributed by atoms with Crippen LogP contribution in [0.25, 0.3) is 0 Å². The molecule has 0 fully saturated rings. The van der Waals surface area contributed by atoms with Crippen LogP contribution in [0.5, 0.6) is 11.5 Å². The van der Waals surface area contributed by atoms with Gasteiger partial charge in [-0.3, -0.25) is 0 Å². The molecule has 4 rings (SSSR count). The predicted octanol–water partition coefficient (Wildman–Crippen LogP) is 5.65. The second-order valence-corrected chi connectivity index (χ2v) is 8.27. The van der Waals surface area contributed by atoms with Gasteiger partial charge in [0, 0.05) is 33.8 Å². The van der Waals surface area contributed by atoms with Gasteiger partial charge in [0.05, 0.1) is 0 Å². The Kier molecular flexibility index (Phi) is 6.21. The zero-order valence-electron chi connectivity index (χ0n) is 17.1. The predicted molar refractivity (Wildman–Crippen MR) is 123 cm³/mol. The van der Waals surface area contributed by atoms with Crippen molar-refractivity contribution in [2.24, 2.45) is 5.73 Å². The van der Waals surface area contributed by atoms with Gasteiger partial charge >= 0.3 is 5.91 Å². The first-order valence-corrected chi connectivity index (χ1v) is 10.8. The van der Waals surface area contributed by atoms with E-state index in [1.165, 1.54) is 0 Å². The molecule has 1 aliphatic rings. The molecule has 2 N–H and O–H groups in total. The second kappa shape index (κ2) is 8.89. The molecule has 0 aliphatic carbocycles. The lowest BCUT2D eigenvalue weighted by atomic mass is 10.1. The molecule has 1 heterocycles. The minimum Gasteiger partial charge on any atom is -0.470 e. The Morgan fingerprint density at radius 3 is 2.42 bits per heavy atom. The molecule has 1 aliphatic heterocycles. The smallest absolute Gasteiger partial charge is 0.401 e. The van der Waals surface area contributed by atoms with Crippen LogP contribution in [-0.4, -0.2) is 12.0 Å². The molecule has 160 valence electrons. The van der Waals surface area contributed by atoms with Crippen molar-refractivity contribution in [3.8, 4) is 11.5 Å². The van der Waals surface area contributed by atoms with Crippen molar-refractivity contribution in [2.45, 2.75) is 32.5 Å². The highest BCUT2D eigenvalue weighted by Gasteiger charge is 2.54. The maximum absolute atomic E-state index is 13.8. The summed E-state index contributed by atoms with van der Waals surface area (Å²) in [6.45, 7) is 2.38. The number of hydrogen-bond donors (Lipinski definition) is 1. The normalized spacial score (nSPS) is 20.1. The van der Waals surface area contributed by atoms with Crippen molar-refractivity contribution in [3.05, 3.63) is 87.9 Å². The van der Waals surface area contributed by atoms with Crippen LogP contribution in [0.1, 0.15) is 24.5 Å². The number of carbonyl (C=O) groups excluding carboxylic acids is 1. The molecule has 2 unspecified atom stereocenters. The summed E-state index contributed by atoms with van der Waals surface area (Å²) in [6.07, 6.45) is -0.152. The van der Waals surface area contributed by atoms with Crippen LogP contribution in [0, 0.1) is 0 Å². The van der Waals surface area contributed by atoms with Crippen molar-refractivity contribution in [1.29, 1.82) is 0 Å². The van der Waals surface area contributed by atoms with E-state index in [0.717, 1.165) is 11.1 Å². The lowest BCUT2D eigenvalue weighted by Crippen LogP contribution is -2.63. The Labute approximate surface area is 191 Å². The third-order valence-corrected chi connectivity index (χ3v) is 5.74. The van der Waals surface area contributed by atoms with Crippen LogP contribution in [0.2, 0.25) is 10.0 Å². The van der Waals surface area contributed by atoms with E-state index in [1.54, 1.807) is 18.2 Å². The highest BCUT2D eigenvalue weighted by molar-refractivity contribution is 6.34. The summed E-state index contributed by atoms with van der Waals surface area (Å²) in [6, 6.07) is 20.1. The number of quaternary nitrogens is 1. The Bertz CT molecular complexity index is 1100. The van der Waals surface area contributed by atoms with E-state index in [1.807, 2.05) is 55.5 Å². The monoisotopic (exact) mass is 457 g/mol. The average molecular weight is 458 g/mol. The standard InChI is InChI=1S/C24H23Cl2N2O3/c1-2-21-24(29)28(20-8-4-6-10-23(20)30-21,15-16-11-18(25)13-19(26)12-16)31-22-9-5-3-7-17(22)14-27/h3-13,21H,2,14-15,27H2,1H3/q+1. The molecular formula is C24H23Cl2N2O3+. The molecule has 2 atom stereocenters. The van der Waals surface area contributed by atoms with Crippen LogP contribution < -0.4 is 20.0 Å². The molecule has 7 heteroatoms. The van der Waals surface area contributed by atoms with Crippen LogP contribution in [0.4, 0.5) is 5.69 Å². The van der Waals surface area contributed by atoms with Crippen LogP contribution in [-0.2, 0) is 17.9 Å². The van der Waals surface area contributed by atoms with Crippen molar-refractivity contribution in [2.75, 3.05) is 0 Å². The number of para-hydroxylation sites is 3. The van der Waals surface area contributed by atoms with E-state index in [4.69, 9.17) is 38.5 Å². The summed E-state index contributed by atoms with van der Waals surface area (Å²) in [5, 5.41) is 0.980. The van der Waals surface area contributed by atoms with Crippen LogP contribution in [0.15, 0.2) is 66.7 Å². The molecular weight excluding hydrogens is 435 g/mol. The lowest BCUT2D eigenvalue weighted by Gasteiger charge is -2.39. The number of ether oxygens (including phenoxy) is 1. The highest BCUT2D eigenvalue weighted by atomic mass is 35.5. The third kappa shape index (κ3) is 4.14. The molecule has 3 aromatic carbocycles. The zero-order chi connectivity index (χ0) is 22.0. The first-order valence-electron chi connectivity index (χ1n) is 10.1. The van der Waals surface area contributed by atoms with Gasteiger partial charge in [-0.2, -0.15) is 0 Å². The number of carbonyl (C=O) groups is 1. The summed E-state index contributed by atoms with van der Waals surface area (Å²) < 4.78 is 5.59. The van der Waals surface area contributed by atoms with E-state index < -0.39 is 10.8 Å². The fourth-order valence-electron chi connectivity index (χ4n) is 3.85. The number of rotatable bonds is 6. The minimum atomic E-state index is -0.658. The molecule has 0 saturated carbocycles. The summed E-state index contributed by atoms with van der Waals surface area (Å²) in [5.74, 6) is 0.939. The molecule has 1 amide bonds. The van der Waals surface area contributed by atoms with Crippen LogP contribution >= 0.6 is 23.2 Å². The highest BCUT2D eigenvalue weighted by Crippen LogP contribution is 2.43. The van der Waals surface area contributed by atoms with Gasteiger partial charge in [-0.15, -0.1) is 0 Å². The number of benzene rings is 3. The summed E-state index contributed by atoms with van der Waals surface area (Å²) in [5.41, 5.74) is 8.12. The van der Waals surface area contributed by atoms with Gasteiger partial charge in [-0.25, -0.2) is 4.79 Å². The van der Waals surface area contributed by atoms with Gasteiger partial charge < -0.3 is 15.3 Å². The van der Waals surface area contributed by atoms with Gasteiger partial charge in [-0.1, -0.05) is 60.5 Å². The zero-order valence-corrected chi connectivity index (χ0v) is 18.6. The molecule has 0 saturated heterocycles. The van der Waals surface area contributed by atoms with Gasteiger partial charge in [0.25, 0.3) is 0 Å². The summed E-state index contributed by atoms with van der Waals surface area (Å²) >= 11 is 12.5. The van der Waals surface area contributed by atoms with Gasteiger partial charge in [0.15, 0.2) is 18.0 Å². The molecule has 0 aromatic heterocycles. The van der Waals surface area contributed by atoms with E-state index >= 15 is 0 Å².